The average molecular weight is 262 g/mol. The minimum absolute atomic E-state index is 0.0290. The van der Waals surface area contributed by atoms with Crippen LogP contribution in [0.15, 0.2) is 12.3 Å². The molecular formula is C15H22N2O2. The van der Waals surface area contributed by atoms with E-state index < -0.39 is 0 Å². The summed E-state index contributed by atoms with van der Waals surface area (Å²) >= 11 is 0. The number of nitrogens with zero attached hydrogens (tertiary/aromatic N) is 1. The predicted octanol–water partition coefficient (Wildman–Crippen LogP) is 3.10. The minimum atomic E-state index is -0.304. The Balaban J connectivity index is 2.00. The monoisotopic (exact) mass is 262 g/mol. The van der Waals surface area contributed by atoms with Gasteiger partial charge in [0.25, 0.3) is 0 Å². The van der Waals surface area contributed by atoms with Crippen molar-refractivity contribution in [3.05, 3.63) is 23.5 Å². The van der Waals surface area contributed by atoms with Gasteiger partial charge in [0.05, 0.1) is 23.1 Å². The third-order valence-corrected chi connectivity index (χ3v) is 3.89. The van der Waals surface area contributed by atoms with Gasteiger partial charge in [-0.15, -0.1) is 0 Å². The molecule has 19 heavy (non-hydrogen) atoms. The lowest BCUT2D eigenvalue weighted by Gasteiger charge is -2.33. The molecule has 2 N–H and O–H groups in total. The first-order valence-electron chi connectivity index (χ1n) is 6.80. The van der Waals surface area contributed by atoms with E-state index in [-0.39, 0.29) is 12.1 Å². The number of rotatable bonds is 2. The highest BCUT2D eigenvalue weighted by Gasteiger charge is 2.29. The second-order valence-electron chi connectivity index (χ2n) is 6.17. The van der Waals surface area contributed by atoms with Gasteiger partial charge in [-0.1, -0.05) is 13.8 Å². The lowest BCUT2D eigenvalue weighted by Crippen LogP contribution is -2.28. The maximum Gasteiger partial charge on any atom is 0.340 e. The number of aryl methyl sites for hydroxylation is 1. The fourth-order valence-corrected chi connectivity index (χ4v) is 2.46. The Morgan fingerprint density at radius 3 is 2.68 bits per heavy atom. The zero-order valence-electron chi connectivity index (χ0n) is 11.9. The first-order valence-corrected chi connectivity index (χ1v) is 6.80. The Bertz CT molecular complexity index is 473. The van der Waals surface area contributed by atoms with Crippen molar-refractivity contribution >= 4 is 11.7 Å². The number of nitrogens with two attached hydrogens (primary N) is 1. The number of hydrogen-bond donors (Lipinski definition) is 1. The van der Waals surface area contributed by atoms with Crippen LogP contribution in [0.4, 0.5) is 5.69 Å². The summed E-state index contributed by atoms with van der Waals surface area (Å²) < 4.78 is 5.57. The first-order chi connectivity index (χ1) is 8.87. The molecule has 4 heteroatoms. The number of pyridine rings is 1. The summed E-state index contributed by atoms with van der Waals surface area (Å²) in [4.78, 5) is 16.2. The van der Waals surface area contributed by atoms with Crippen LogP contribution in [0.5, 0.6) is 0 Å². The number of hydrogen-bond acceptors (Lipinski definition) is 4. The summed E-state index contributed by atoms with van der Waals surface area (Å²) in [5, 5.41) is 0. The highest BCUT2D eigenvalue weighted by molar-refractivity contribution is 5.91. The minimum Gasteiger partial charge on any atom is -0.459 e. The summed E-state index contributed by atoms with van der Waals surface area (Å²) in [7, 11) is 0. The molecule has 1 fully saturated rings. The fourth-order valence-electron chi connectivity index (χ4n) is 2.46. The molecule has 1 aliphatic carbocycles. The van der Waals surface area contributed by atoms with Crippen molar-refractivity contribution in [1.29, 1.82) is 0 Å². The number of ether oxygens (including phenoxy) is 1. The van der Waals surface area contributed by atoms with Crippen LogP contribution in [0.3, 0.4) is 0 Å². The molecule has 0 radical (unpaired) electrons. The van der Waals surface area contributed by atoms with Gasteiger partial charge in [-0.25, -0.2) is 4.79 Å². The van der Waals surface area contributed by atoms with Crippen LogP contribution in [0.1, 0.15) is 55.6 Å². The molecule has 4 nitrogen and oxygen atoms in total. The number of carbonyl (C=O) groups is 1. The largest absolute Gasteiger partial charge is 0.459 e. The van der Waals surface area contributed by atoms with E-state index in [1.807, 2.05) is 0 Å². The fraction of sp³-hybridized carbons (Fsp3) is 0.600. The van der Waals surface area contributed by atoms with Gasteiger partial charge in [-0.05, 0) is 44.1 Å². The molecule has 104 valence electrons. The Labute approximate surface area is 114 Å². The maximum atomic E-state index is 12.1. The van der Waals surface area contributed by atoms with Gasteiger partial charge in [-0.2, -0.15) is 0 Å². The molecule has 0 saturated heterocycles. The topological polar surface area (TPSA) is 65.2 Å². The lowest BCUT2D eigenvalue weighted by atomic mass is 9.76. The zero-order chi connectivity index (χ0) is 14.0. The molecule has 1 saturated carbocycles. The molecule has 2 rings (SSSR count). The maximum absolute atomic E-state index is 12.1. The summed E-state index contributed by atoms with van der Waals surface area (Å²) in [6, 6.07) is 1.64. The molecule has 1 aromatic heterocycles. The van der Waals surface area contributed by atoms with Crippen molar-refractivity contribution in [3.8, 4) is 0 Å². The van der Waals surface area contributed by atoms with E-state index in [1.54, 1.807) is 19.2 Å². The van der Waals surface area contributed by atoms with Gasteiger partial charge in [0, 0.05) is 0 Å². The van der Waals surface area contributed by atoms with Crippen LogP contribution >= 0.6 is 0 Å². The first kappa shape index (κ1) is 13.8. The Hall–Kier alpha value is -1.58. The molecule has 0 aliphatic heterocycles. The standard InChI is InChI=1S/C15H22N2O2/c1-10-13(8-11(16)9-17-10)14(18)19-12-4-6-15(2,3)7-5-12/h8-9,12H,4-7,16H2,1-3H3. The normalized spacial score (nSPS) is 19.1. The molecule has 0 aromatic carbocycles. The van der Waals surface area contributed by atoms with Crippen molar-refractivity contribution in [2.24, 2.45) is 5.41 Å². The summed E-state index contributed by atoms with van der Waals surface area (Å²) in [5.41, 5.74) is 7.66. The highest BCUT2D eigenvalue weighted by atomic mass is 16.5. The third kappa shape index (κ3) is 3.46. The molecule has 0 atom stereocenters. The smallest absolute Gasteiger partial charge is 0.340 e. The molecule has 1 aliphatic rings. The molecular weight excluding hydrogens is 240 g/mol. The van der Waals surface area contributed by atoms with E-state index in [4.69, 9.17) is 10.5 Å². The average Bonchev–Trinajstić information content (AvgIpc) is 2.35. The van der Waals surface area contributed by atoms with Crippen LogP contribution in [-0.2, 0) is 4.74 Å². The van der Waals surface area contributed by atoms with Gasteiger partial charge in [0.1, 0.15) is 6.10 Å². The highest BCUT2D eigenvalue weighted by Crippen LogP contribution is 2.36. The van der Waals surface area contributed by atoms with Gasteiger partial charge in [0.2, 0.25) is 0 Å². The van der Waals surface area contributed by atoms with Crippen molar-refractivity contribution < 1.29 is 9.53 Å². The van der Waals surface area contributed by atoms with E-state index in [0.717, 1.165) is 25.7 Å². The van der Waals surface area contributed by atoms with Crippen LogP contribution in [-0.4, -0.2) is 17.1 Å². The van der Waals surface area contributed by atoms with Crippen LogP contribution < -0.4 is 5.73 Å². The quantitative estimate of drug-likeness (QED) is 0.832. The summed E-state index contributed by atoms with van der Waals surface area (Å²) in [5.74, 6) is -0.304. The van der Waals surface area contributed by atoms with Crippen molar-refractivity contribution in [2.75, 3.05) is 5.73 Å². The van der Waals surface area contributed by atoms with E-state index in [2.05, 4.69) is 18.8 Å². The van der Waals surface area contributed by atoms with Crippen molar-refractivity contribution in [1.82, 2.24) is 4.98 Å². The number of aromatic nitrogens is 1. The van der Waals surface area contributed by atoms with Gasteiger partial charge in [0.15, 0.2) is 0 Å². The van der Waals surface area contributed by atoms with E-state index in [1.165, 1.54) is 0 Å². The number of anilines is 1. The van der Waals surface area contributed by atoms with Crippen LogP contribution in [0.25, 0.3) is 0 Å². The molecule has 0 bridgehead atoms. The molecule has 0 amide bonds. The molecule has 1 heterocycles. The Kier molecular flexibility index (Phi) is 3.78. The molecule has 0 unspecified atom stereocenters. The number of carbonyl (C=O) groups excluding carboxylic acids is 1. The third-order valence-electron chi connectivity index (χ3n) is 3.89. The Morgan fingerprint density at radius 2 is 2.05 bits per heavy atom. The number of esters is 1. The van der Waals surface area contributed by atoms with Crippen LogP contribution in [0, 0.1) is 12.3 Å². The SMILES string of the molecule is Cc1ncc(N)cc1C(=O)OC1CCC(C)(C)CC1. The summed E-state index contributed by atoms with van der Waals surface area (Å²) in [6.07, 6.45) is 5.65. The lowest BCUT2D eigenvalue weighted by molar-refractivity contribution is 0.00939. The zero-order valence-corrected chi connectivity index (χ0v) is 11.9. The molecule has 1 aromatic rings. The van der Waals surface area contributed by atoms with Gasteiger partial charge < -0.3 is 10.5 Å². The second-order valence-corrected chi connectivity index (χ2v) is 6.17. The van der Waals surface area contributed by atoms with Gasteiger partial charge in [-0.3, -0.25) is 4.98 Å². The van der Waals surface area contributed by atoms with E-state index in [0.29, 0.717) is 22.4 Å². The van der Waals surface area contributed by atoms with E-state index in [9.17, 15) is 4.79 Å². The van der Waals surface area contributed by atoms with Crippen molar-refractivity contribution in [3.63, 3.8) is 0 Å². The van der Waals surface area contributed by atoms with Crippen molar-refractivity contribution in [2.45, 2.75) is 52.6 Å². The predicted molar refractivity (Wildman–Crippen MR) is 74.8 cm³/mol. The van der Waals surface area contributed by atoms with Crippen LogP contribution in [0.2, 0.25) is 0 Å². The van der Waals surface area contributed by atoms with E-state index >= 15 is 0 Å². The number of nitrogen functional groups attached to an aromatic ring is 1. The summed E-state index contributed by atoms with van der Waals surface area (Å²) in [6.45, 7) is 6.31. The second kappa shape index (κ2) is 5.19. The molecule has 0 spiro atoms. The van der Waals surface area contributed by atoms with Gasteiger partial charge >= 0.3 is 5.97 Å². The Morgan fingerprint density at radius 1 is 1.42 bits per heavy atom.